The molecule has 0 bridgehead atoms. The summed E-state index contributed by atoms with van der Waals surface area (Å²) in [5, 5.41) is 1.87. The van der Waals surface area contributed by atoms with Gasteiger partial charge in [0, 0.05) is 13.3 Å². The van der Waals surface area contributed by atoms with Crippen LogP contribution in [0.5, 0.6) is 0 Å². The lowest BCUT2D eigenvalue weighted by atomic mass is 9.83. The van der Waals surface area contributed by atoms with Crippen molar-refractivity contribution in [2.75, 3.05) is 28.4 Å². The molecule has 1 aromatic rings. The second-order valence-corrected chi connectivity index (χ2v) is 9.21. The zero-order valence-corrected chi connectivity index (χ0v) is 23.5. The van der Waals surface area contributed by atoms with Crippen LogP contribution in [0, 0.1) is 0 Å². The van der Waals surface area contributed by atoms with Gasteiger partial charge >= 0.3 is 29.8 Å². The van der Waals surface area contributed by atoms with Crippen LogP contribution in [0.4, 0.5) is 0 Å². The maximum Gasteiger partial charge on any atom is 0.356 e. The fourth-order valence-corrected chi connectivity index (χ4v) is 5.17. The van der Waals surface area contributed by atoms with Gasteiger partial charge in [-0.1, -0.05) is 30.3 Å². The summed E-state index contributed by atoms with van der Waals surface area (Å²) < 4.78 is 31.2. The molecule has 14 nitrogen and oxygen atoms in total. The van der Waals surface area contributed by atoms with E-state index in [0.29, 0.717) is 0 Å². The maximum atomic E-state index is 13.7. The standard InChI is InChI=1S/C27H32N2O12/c1-15(41-16(2)30)23(40-14-17-10-8-7-9-11-17)18-12-19(31)28-22(25(34)38-5)21(24(33)37-4)27(29(18)28,26(35)39-6)13-20(32)36-3/h7-11,15,18,23H,12-14H2,1-6H3/t15-,18+,23-,27+/m0/s1. The second-order valence-electron chi connectivity index (χ2n) is 9.21. The van der Waals surface area contributed by atoms with E-state index in [1.54, 1.807) is 24.3 Å². The Morgan fingerprint density at radius 1 is 0.951 bits per heavy atom. The van der Waals surface area contributed by atoms with E-state index in [2.05, 4.69) is 0 Å². The predicted molar refractivity (Wildman–Crippen MR) is 136 cm³/mol. The van der Waals surface area contributed by atoms with Gasteiger partial charge in [0.05, 0.1) is 47.5 Å². The number of ether oxygens (including phenoxy) is 6. The number of carbonyl (C=O) groups is 6. The van der Waals surface area contributed by atoms with E-state index in [9.17, 15) is 28.8 Å². The summed E-state index contributed by atoms with van der Waals surface area (Å²) >= 11 is 0. The van der Waals surface area contributed by atoms with Crippen molar-refractivity contribution in [2.24, 2.45) is 0 Å². The fraction of sp³-hybridized carbons (Fsp3) is 0.481. The zero-order chi connectivity index (χ0) is 30.5. The Morgan fingerprint density at radius 3 is 2.12 bits per heavy atom. The fourth-order valence-electron chi connectivity index (χ4n) is 5.17. The molecule has 0 N–H and O–H groups in total. The zero-order valence-electron chi connectivity index (χ0n) is 23.5. The van der Waals surface area contributed by atoms with Crippen LogP contribution >= 0.6 is 0 Å². The minimum atomic E-state index is -2.43. The Labute approximate surface area is 236 Å². The second kappa shape index (κ2) is 12.9. The molecule has 1 saturated heterocycles. The van der Waals surface area contributed by atoms with Crippen LogP contribution in [-0.4, -0.2) is 98.0 Å². The van der Waals surface area contributed by atoms with E-state index in [4.69, 9.17) is 28.4 Å². The van der Waals surface area contributed by atoms with Crippen molar-refractivity contribution in [3.63, 3.8) is 0 Å². The highest BCUT2D eigenvalue weighted by Gasteiger charge is 2.69. The molecule has 2 aliphatic rings. The van der Waals surface area contributed by atoms with Gasteiger partial charge in [-0.2, -0.15) is 5.01 Å². The molecule has 222 valence electrons. The first kappa shape index (κ1) is 31.2. The van der Waals surface area contributed by atoms with Gasteiger partial charge < -0.3 is 28.4 Å². The molecule has 0 spiro atoms. The number of benzene rings is 1. The van der Waals surface area contributed by atoms with Crippen molar-refractivity contribution in [1.29, 1.82) is 0 Å². The molecule has 2 aliphatic heterocycles. The first-order valence-electron chi connectivity index (χ1n) is 12.5. The Bertz CT molecular complexity index is 1250. The molecule has 0 aromatic heterocycles. The summed E-state index contributed by atoms with van der Waals surface area (Å²) in [5.74, 6) is -5.89. The number of nitrogens with zero attached hydrogens (tertiary/aromatic N) is 2. The first-order valence-corrected chi connectivity index (χ1v) is 12.5. The molecule has 0 radical (unpaired) electrons. The third-order valence-corrected chi connectivity index (χ3v) is 6.80. The number of esters is 5. The molecule has 14 heteroatoms. The van der Waals surface area contributed by atoms with Crippen LogP contribution in [0.1, 0.15) is 32.3 Å². The van der Waals surface area contributed by atoms with Crippen molar-refractivity contribution in [3.8, 4) is 0 Å². The molecule has 0 unspecified atom stereocenters. The van der Waals surface area contributed by atoms with Crippen molar-refractivity contribution >= 4 is 35.8 Å². The molecule has 41 heavy (non-hydrogen) atoms. The lowest BCUT2D eigenvalue weighted by Crippen LogP contribution is -2.63. The lowest BCUT2D eigenvalue weighted by Gasteiger charge is -2.42. The molecule has 3 rings (SSSR count). The van der Waals surface area contributed by atoms with E-state index in [1.165, 1.54) is 13.8 Å². The SMILES string of the molecule is COC(=O)C[C@]1(C(=O)OC)C(C(=O)OC)=C(C(=O)OC)N2C(=O)C[C@H]([C@@H](OCc3ccccc3)[C@H](C)OC(C)=O)N21. The van der Waals surface area contributed by atoms with Gasteiger partial charge in [-0.05, 0) is 12.5 Å². The normalized spacial score (nSPS) is 21.6. The third-order valence-electron chi connectivity index (χ3n) is 6.80. The van der Waals surface area contributed by atoms with Crippen LogP contribution in [0.3, 0.4) is 0 Å². The van der Waals surface area contributed by atoms with Gasteiger partial charge in [-0.3, -0.25) is 14.4 Å². The number of amides is 1. The van der Waals surface area contributed by atoms with E-state index < -0.39 is 77.2 Å². The average molecular weight is 577 g/mol. The van der Waals surface area contributed by atoms with Crippen molar-refractivity contribution in [2.45, 2.75) is 57.1 Å². The summed E-state index contributed by atoms with van der Waals surface area (Å²) in [7, 11) is 4.08. The van der Waals surface area contributed by atoms with Crippen molar-refractivity contribution in [3.05, 3.63) is 47.2 Å². The Kier molecular flexibility index (Phi) is 9.83. The number of methoxy groups -OCH3 is 4. The number of rotatable bonds is 11. The summed E-state index contributed by atoms with van der Waals surface area (Å²) in [5.41, 5.74) is -2.99. The van der Waals surface area contributed by atoms with Gasteiger partial charge in [0.15, 0.2) is 11.2 Å². The highest BCUT2D eigenvalue weighted by Crippen LogP contribution is 2.49. The van der Waals surface area contributed by atoms with E-state index >= 15 is 0 Å². The molecule has 4 atom stereocenters. The van der Waals surface area contributed by atoms with Crippen molar-refractivity contribution < 1.29 is 57.2 Å². The topological polar surface area (TPSA) is 164 Å². The number of carbonyl (C=O) groups excluding carboxylic acids is 6. The Morgan fingerprint density at radius 2 is 1.59 bits per heavy atom. The summed E-state index contributed by atoms with van der Waals surface area (Å²) in [4.78, 5) is 78.3. The smallest absolute Gasteiger partial charge is 0.356 e. The van der Waals surface area contributed by atoms with Crippen LogP contribution in [0.15, 0.2) is 41.6 Å². The van der Waals surface area contributed by atoms with E-state index in [-0.39, 0.29) is 13.0 Å². The summed E-state index contributed by atoms with van der Waals surface area (Å²) in [6.07, 6.45) is -3.38. The quantitative estimate of drug-likeness (QED) is 0.263. The predicted octanol–water partition coefficient (Wildman–Crippen LogP) is 0.430. The highest BCUT2D eigenvalue weighted by atomic mass is 16.6. The van der Waals surface area contributed by atoms with Gasteiger partial charge in [0.25, 0.3) is 0 Å². The number of hydrogen-bond acceptors (Lipinski definition) is 13. The molecular formula is C27H32N2O12. The Balaban J connectivity index is 2.29. The summed E-state index contributed by atoms with van der Waals surface area (Å²) in [6, 6.07) is 7.80. The van der Waals surface area contributed by atoms with Crippen LogP contribution in [0.2, 0.25) is 0 Å². The van der Waals surface area contributed by atoms with Gasteiger partial charge in [-0.25, -0.2) is 19.4 Å². The molecule has 1 fully saturated rings. The molecule has 1 amide bonds. The highest BCUT2D eigenvalue weighted by molar-refractivity contribution is 6.12. The maximum absolute atomic E-state index is 13.7. The van der Waals surface area contributed by atoms with Crippen LogP contribution < -0.4 is 0 Å². The van der Waals surface area contributed by atoms with Crippen molar-refractivity contribution in [1.82, 2.24) is 10.0 Å². The molecule has 1 aromatic carbocycles. The van der Waals surface area contributed by atoms with Gasteiger partial charge in [0.1, 0.15) is 17.8 Å². The average Bonchev–Trinajstić information content (AvgIpc) is 3.45. The summed E-state index contributed by atoms with van der Waals surface area (Å²) in [6.45, 7) is 2.71. The minimum absolute atomic E-state index is 0.000978. The molecule has 0 aliphatic carbocycles. The largest absolute Gasteiger partial charge is 0.469 e. The number of fused-ring (bicyclic) bond motifs is 1. The monoisotopic (exact) mass is 576 g/mol. The lowest BCUT2D eigenvalue weighted by molar-refractivity contribution is -0.183. The van der Waals surface area contributed by atoms with Crippen LogP contribution in [0.25, 0.3) is 0 Å². The molecule has 0 saturated carbocycles. The van der Waals surface area contributed by atoms with E-state index in [1.807, 2.05) is 6.07 Å². The van der Waals surface area contributed by atoms with Gasteiger partial charge in [0.2, 0.25) is 5.91 Å². The molecule has 2 heterocycles. The molecular weight excluding hydrogens is 544 g/mol. The third kappa shape index (κ3) is 5.79. The number of hydrogen-bond donors (Lipinski definition) is 0. The Hall–Kier alpha value is -4.30. The number of hydrazine groups is 1. The first-order chi connectivity index (χ1) is 19.5. The van der Waals surface area contributed by atoms with Gasteiger partial charge in [-0.15, -0.1) is 0 Å². The minimum Gasteiger partial charge on any atom is -0.469 e. The van der Waals surface area contributed by atoms with E-state index in [0.717, 1.165) is 44.0 Å². The van der Waals surface area contributed by atoms with Crippen LogP contribution in [-0.2, 0) is 63.8 Å².